The van der Waals surface area contributed by atoms with E-state index < -0.39 is 0 Å². The lowest BCUT2D eigenvalue weighted by Crippen LogP contribution is -2.42. The molecule has 1 atom stereocenters. The molecule has 4 heterocycles. The maximum atomic E-state index is 13.3. The first-order valence-corrected chi connectivity index (χ1v) is 10.7. The predicted octanol–water partition coefficient (Wildman–Crippen LogP) is 3.44. The Balaban J connectivity index is 1.50. The van der Waals surface area contributed by atoms with Crippen LogP contribution in [0.2, 0.25) is 0 Å². The Morgan fingerprint density at radius 3 is 2.85 bits per heavy atom. The highest BCUT2D eigenvalue weighted by molar-refractivity contribution is 7.14. The van der Waals surface area contributed by atoms with Crippen molar-refractivity contribution in [2.24, 2.45) is 0 Å². The van der Waals surface area contributed by atoms with Gasteiger partial charge in [-0.05, 0) is 57.0 Å². The van der Waals surface area contributed by atoms with Crippen LogP contribution < -0.4 is 4.74 Å². The molecule has 4 rings (SSSR count). The Morgan fingerprint density at radius 2 is 2.11 bits per heavy atom. The summed E-state index contributed by atoms with van der Waals surface area (Å²) in [6.45, 7) is 4.22. The molecule has 0 aliphatic carbocycles. The molecule has 2 aromatic rings. The van der Waals surface area contributed by atoms with E-state index in [-0.39, 0.29) is 5.91 Å². The fraction of sp³-hybridized carbons (Fsp3) is 0.524. The van der Waals surface area contributed by atoms with Crippen LogP contribution in [-0.4, -0.2) is 60.0 Å². The molecule has 2 aliphatic rings. The van der Waals surface area contributed by atoms with E-state index in [0.29, 0.717) is 11.8 Å². The Hall–Kier alpha value is -1.92. The van der Waals surface area contributed by atoms with E-state index in [9.17, 15) is 4.79 Å². The van der Waals surface area contributed by atoms with Gasteiger partial charge in [-0.15, -0.1) is 11.3 Å². The van der Waals surface area contributed by atoms with Crippen LogP contribution in [-0.2, 0) is 6.42 Å². The van der Waals surface area contributed by atoms with Gasteiger partial charge in [-0.2, -0.15) is 0 Å². The number of rotatable bonds is 6. The molecule has 1 amide bonds. The number of likely N-dealkylation sites (tertiary alicyclic amines) is 2. The molecule has 2 saturated heterocycles. The topological polar surface area (TPSA) is 45.7 Å². The van der Waals surface area contributed by atoms with E-state index in [2.05, 4.69) is 14.8 Å². The fourth-order valence-electron chi connectivity index (χ4n) is 4.18. The van der Waals surface area contributed by atoms with E-state index in [1.165, 1.54) is 25.9 Å². The Morgan fingerprint density at radius 1 is 1.26 bits per heavy atom. The smallest absolute Gasteiger partial charge is 0.268 e. The summed E-state index contributed by atoms with van der Waals surface area (Å²) in [5.41, 5.74) is 1.01. The maximum Gasteiger partial charge on any atom is 0.268 e. The van der Waals surface area contributed by atoms with Crippen LogP contribution in [0.25, 0.3) is 0 Å². The number of aromatic nitrogens is 1. The molecule has 6 heteroatoms. The lowest BCUT2D eigenvalue weighted by molar-refractivity contribution is 0.0710. The zero-order chi connectivity index (χ0) is 18.6. The average molecular weight is 386 g/mol. The monoisotopic (exact) mass is 385 g/mol. The number of amides is 1. The van der Waals surface area contributed by atoms with Gasteiger partial charge in [-0.25, -0.2) is 0 Å². The van der Waals surface area contributed by atoms with Gasteiger partial charge in [-0.1, -0.05) is 6.07 Å². The molecule has 0 spiro atoms. The van der Waals surface area contributed by atoms with E-state index in [0.717, 1.165) is 47.8 Å². The number of hydrogen-bond donors (Lipinski definition) is 0. The molecular weight excluding hydrogens is 358 g/mol. The lowest BCUT2D eigenvalue weighted by Gasteiger charge is -2.28. The SMILES string of the molecule is COc1cc(Cc2ccccn2)sc1C(=O)N1CCC[C@H]1CN1CCCC1. The number of hydrogen-bond acceptors (Lipinski definition) is 5. The molecule has 2 aromatic heterocycles. The van der Waals surface area contributed by atoms with Crippen molar-refractivity contribution in [3.8, 4) is 5.75 Å². The molecule has 2 fully saturated rings. The molecule has 0 N–H and O–H groups in total. The number of nitrogens with zero attached hydrogens (tertiary/aromatic N) is 3. The summed E-state index contributed by atoms with van der Waals surface area (Å²) >= 11 is 1.55. The van der Waals surface area contributed by atoms with Crippen LogP contribution in [0.15, 0.2) is 30.5 Å². The van der Waals surface area contributed by atoms with E-state index in [4.69, 9.17) is 4.74 Å². The van der Waals surface area contributed by atoms with Gasteiger partial charge in [0.1, 0.15) is 10.6 Å². The predicted molar refractivity (Wildman–Crippen MR) is 108 cm³/mol. The second-order valence-electron chi connectivity index (χ2n) is 7.41. The first-order valence-electron chi connectivity index (χ1n) is 9.84. The maximum absolute atomic E-state index is 13.3. The first kappa shape index (κ1) is 18.4. The molecular formula is C21H27N3O2S. The van der Waals surface area contributed by atoms with E-state index in [1.54, 1.807) is 24.6 Å². The molecule has 0 saturated carbocycles. The minimum absolute atomic E-state index is 0.130. The van der Waals surface area contributed by atoms with Crippen LogP contribution in [0.4, 0.5) is 0 Å². The lowest BCUT2D eigenvalue weighted by atomic mass is 10.2. The van der Waals surface area contributed by atoms with Gasteiger partial charge in [0.05, 0.1) is 7.11 Å². The molecule has 0 bridgehead atoms. The number of carbonyl (C=O) groups excluding carboxylic acids is 1. The van der Waals surface area contributed by atoms with Crippen molar-refractivity contribution in [1.29, 1.82) is 0 Å². The van der Waals surface area contributed by atoms with Crippen molar-refractivity contribution in [2.75, 3.05) is 33.3 Å². The zero-order valence-corrected chi connectivity index (χ0v) is 16.7. The summed E-state index contributed by atoms with van der Waals surface area (Å²) in [5, 5.41) is 0. The highest BCUT2D eigenvalue weighted by Crippen LogP contribution is 2.34. The van der Waals surface area contributed by atoms with Gasteiger partial charge in [-0.3, -0.25) is 9.78 Å². The summed E-state index contributed by atoms with van der Waals surface area (Å²) in [6.07, 6.45) is 7.31. The second-order valence-corrected chi connectivity index (χ2v) is 8.55. The van der Waals surface area contributed by atoms with Gasteiger partial charge >= 0.3 is 0 Å². The highest BCUT2D eigenvalue weighted by Gasteiger charge is 2.33. The minimum atomic E-state index is 0.130. The third-order valence-corrected chi connectivity index (χ3v) is 6.65. The van der Waals surface area contributed by atoms with Crippen molar-refractivity contribution in [3.05, 3.63) is 45.9 Å². The van der Waals surface area contributed by atoms with Crippen LogP contribution >= 0.6 is 11.3 Å². The third kappa shape index (κ3) is 4.17. The second kappa shape index (κ2) is 8.40. The average Bonchev–Trinajstić information content (AvgIpc) is 3.43. The number of carbonyl (C=O) groups is 1. The van der Waals surface area contributed by atoms with Crippen molar-refractivity contribution in [1.82, 2.24) is 14.8 Å². The summed E-state index contributed by atoms with van der Waals surface area (Å²) in [7, 11) is 1.65. The molecule has 0 unspecified atom stereocenters. The van der Waals surface area contributed by atoms with Gasteiger partial charge in [0, 0.05) is 42.3 Å². The van der Waals surface area contributed by atoms with Crippen molar-refractivity contribution in [2.45, 2.75) is 38.1 Å². The van der Waals surface area contributed by atoms with E-state index >= 15 is 0 Å². The number of pyridine rings is 1. The van der Waals surface area contributed by atoms with Crippen LogP contribution in [0, 0.1) is 0 Å². The zero-order valence-electron chi connectivity index (χ0n) is 15.9. The van der Waals surface area contributed by atoms with Crippen molar-refractivity contribution in [3.63, 3.8) is 0 Å². The number of thiophene rings is 1. The minimum Gasteiger partial charge on any atom is -0.495 e. The first-order chi connectivity index (χ1) is 13.2. The van der Waals surface area contributed by atoms with Gasteiger partial charge in [0.15, 0.2) is 0 Å². The molecule has 2 aliphatic heterocycles. The quantitative estimate of drug-likeness (QED) is 0.764. The molecule has 0 radical (unpaired) electrons. The molecule has 27 heavy (non-hydrogen) atoms. The van der Waals surface area contributed by atoms with Crippen LogP contribution in [0.3, 0.4) is 0 Å². The van der Waals surface area contributed by atoms with Gasteiger partial charge < -0.3 is 14.5 Å². The van der Waals surface area contributed by atoms with Crippen LogP contribution in [0.1, 0.15) is 45.9 Å². The summed E-state index contributed by atoms with van der Waals surface area (Å²) < 4.78 is 5.55. The van der Waals surface area contributed by atoms with Crippen LogP contribution in [0.5, 0.6) is 5.75 Å². The van der Waals surface area contributed by atoms with Crippen molar-refractivity contribution >= 4 is 17.2 Å². The van der Waals surface area contributed by atoms with Gasteiger partial charge in [0.2, 0.25) is 0 Å². The standard InChI is InChI=1S/C21H27N3O2S/c1-26-19-14-18(13-16-7-2-3-9-22-16)27-20(19)21(25)24-12-6-8-17(24)15-23-10-4-5-11-23/h2-3,7,9,14,17H,4-6,8,10-13,15H2,1H3/t17-/m0/s1. The summed E-state index contributed by atoms with van der Waals surface area (Å²) in [6, 6.07) is 8.26. The molecule has 144 valence electrons. The molecule has 5 nitrogen and oxygen atoms in total. The van der Waals surface area contributed by atoms with Crippen molar-refractivity contribution < 1.29 is 9.53 Å². The number of methoxy groups -OCH3 is 1. The highest BCUT2D eigenvalue weighted by atomic mass is 32.1. The Labute approximate surface area is 165 Å². The largest absolute Gasteiger partial charge is 0.495 e. The fourth-order valence-corrected chi connectivity index (χ4v) is 5.27. The normalized spacial score (nSPS) is 20.3. The Bertz CT molecular complexity index is 771. The summed E-state index contributed by atoms with van der Waals surface area (Å²) in [4.78, 5) is 24.1. The molecule has 0 aromatic carbocycles. The third-order valence-electron chi connectivity index (χ3n) is 5.55. The number of ether oxygens (including phenoxy) is 1. The van der Waals surface area contributed by atoms with E-state index in [1.807, 2.05) is 24.3 Å². The Kier molecular flexibility index (Phi) is 5.74. The summed E-state index contributed by atoms with van der Waals surface area (Å²) in [5.74, 6) is 0.827. The van der Waals surface area contributed by atoms with Gasteiger partial charge in [0.25, 0.3) is 5.91 Å².